The molecular weight excluding hydrogens is 216 g/mol. The summed E-state index contributed by atoms with van der Waals surface area (Å²) in [6.07, 6.45) is 3.70. The molecule has 5 nitrogen and oxygen atoms in total. The standard InChI is InChI=1S/C12H16N4O/c1-8-11(9(2)16(3)15-8)12(17)14-7-10-4-5-13-6-10/h4-6,13H,7H2,1-3H3,(H,14,17). The van der Waals surface area contributed by atoms with E-state index in [9.17, 15) is 4.79 Å². The van der Waals surface area contributed by atoms with Crippen LogP contribution in [0.25, 0.3) is 0 Å². The van der Waals surface area contributed by atoms with E-state index in [2.05, 4.69) is 15.4 Å². The number of nitrogens with zero attached hydrogens (tertiary/aromatic N) is 2. The van der Waals surface area contributed by atoms with Gasteiger partial charge in [-0.25, -0.2) is 0 Å². The minimum absolute atomic E-state index is 0.0747. The van der Waals surface area contributed by atoms with Gasteiger partial charge in [-0.2, -0.15) is 5.10 Å². The highest BCUT2D eigenvalue weighted by molar-refractivity contribution is 5.96. The van der Waals surface area contributed by atoms with E-state index in [0.29, 0.717) is 12.1 Å². The number of carbonyl (C=O) groups excluding carboxylic acids is 1. The molecule has 2 rings (SSSR count). The quantitative estimate of drug-likeness (QED) is 0.837. The number of amides is 1. The number of aryl methyl sites for hydroxylation is 2. The third-order valence-corrected chi connectivity index (χ3v) is 2.85. The fourth-order valence-electron chi connectivity index (χ4n) is 1.84. The number of aromatic nitrogens is 3. The first kappa shape index (κ1) is 11.4. The first-order valence-corrected chi connectivity index (χ1v) is 5.49. The lowest BCUT2D eigenvalue weighted by atomic mass is 10.2. The molecule has 5 heteroatoms. The fourth-order valence-corrected chi connectivity index (χ4v) is 1.84. The smallest absolute Gasteiger partial charge is 0.255 e. The normalized spacial score (nSPS) is 10.5. The zero-order valence-electron chi connectivity index (χ0n) is 10.2. The third kappa shape index (κ3) is 2.22. The summed E-state index contributed by atoms with van der Waals surface area (Å²) in [4.78, 5) is 15.0. The number of rotatable bonds is 3. The summed E-state index contributed by atoms with van der Waals surface area (Å²) in [5.41, 5.74) is 3.37. The molecule has 1 amide bonds. The average molecular weight is 232 g/mol. The second-order valence-corrected chi connectivity index (χ2v) is 4.07. The van der Waals surface area contributed by atoms with Crippen LogP contribution in [0.4, 0.5) is 0 Å². The van der Waals surface area contributed by atoms with E-state index >= 15 is 0 Å². The number of aromatic amines is 1. The third-order valence-electron chi connectivity index (χ3n) is 2.85. The van der Waals surface area contributed by atoms with E-state index in [1.165, 1.54) is 0 Å². The van der Waals surface area contributed by atoms with Gasteiger partial charge in [0.1, 0.15) is 0 Å². The summed E-state index contributed by atoms with van der Waals surface area (Å²) in [6, 6.07) is 1.93. The number of hydrogen-bond acceptors (Lipinski definition) is 2. The van der Waals surface area contributed by atoms with E-state index in [1.807, 2.05) is 39.4 Å². The summed E-state index contributed by atoms with van der Waals surface area (Å²) < 4.78 is 1.72. The first-order chi connectivity index (χ1) is 8.09. The van der Waals surface area contributed by atoms with Gasteiger partial charge in [0.05, 0.1) is 11.3 Å². The molecule has 2 N–H and O–H groups in total. The molecule has 0 aromatic carbocycles. The van der Waals surface area contributed by atoms with Crippen LogP contribution in [0.15, 0.2) is 18.5 Å². The molecule has 2 aromatic heterocycles. The van der Waals surface area contributed by atoms with Crippen LogP contribution in [-0.2, 0) is 13.6 Å². The number of carbonyl (C=O) groups is 1. The molecule has 0 saturated carbocycles. The SMILES string of the molecule is Cc1nn(C)c(C)c1C(=O)NCc1cc[nH]c1. The van der Waals surface area contributed by atoms with E-state index < -0.39 is 0 Å². The molecule has 0 saturated heterocycles. The van der Waals surface area contributed by atoms with Crippen LogP contribution < -0.4 is 5.32 Å². The van der Waals surface area contributed by atoms with Crippen molar-refractivity contribution in [3.05, 3.63) is 41.0 Å². The van der Waals surface area contributed by atoms with Crippen molar-refractivity contribution < 1.29 is 4.79 Å². The second kappa shape index (κ2) is 4.45. The molecule has 0 atom stereocenters. The Labute approximate surface area is 99.8 Å². The monoisotopic (exact) mass is 232 g/mol. The maximum absolute atomic E-state index is 12.0. The zero-order valence-corrected chi connectivity index (χ0v) is 10.2. The summed E-state index contributed by atoms with van der Waals surface area (Å²) in [5.74, 6) is -0.0747. The van der Waals surface area contributed by atoms with Gasteiger partial charge in [0.15, 0.2) is 0 Å². The first-order valence-electron chi connectivity index (χ1n) is 5.49. The Morgan fingerprint density at radius 1 is 1.53 bits per heavy atom. The Bertz CT molecular complexity index is 525. The van der Waals surface area contributed by atoms with Gasteiger partial charge >= 0.3 is 0 Å². The molecule has 0 spiro atoms. The number of nitrogens with one attached hydrogen (secondary N) is 2. The van der Waals surface area contributed by atoms with Gasteiger partial charge in [-0.1, -0.05) is 0 Å². The highest BCUT2D eigenvalue weighted by Crippen LogP contribution is 2.11. The molecule has 2 aromatic rings. The van der Waals surface area contributed by atoms with Crippen molar-refractivity contribution in [1.29, 1.82) is 0 Å². The van der Waals surface area contributed by atoms with Crippen LogP contribution in [0.1, 0.15) is 27.3 Å². The van der Waals surface area contributed by atoms with Gasteiger partial charge in [-0.05, 0) is 25.5 Å². The van der Waals surface area contributed by atoms with Crippen LogP contribution in [0.2, 0.25) is 0 Å². The van der Waals surface area contributed by atoms with Crippen LogP contribution in [0.3, 0.4) is 0 Å². The van der Waals surface area contributed by atoms with E-state index in [0.717, 1.165) is 17.0 Å². The summed E-state index contributed by atoms with van der Waals surface area (Å²) >= 11 is 0. The maximum Gasteiger partial charge on any atom is 0.255 e. The minimum Gasteiger partial charge on any atom is -0.367 e. The van der Waals surface area contributed by atoms with E-state index in [4.69, 9.17) is 0 Å². The van der Waals surface area contributed by atoms with Gasteiger partial charge in [0.2, 0.25) is 0 Å². The van der Waals surface area contributed by atoms with Crippen molar-refractivity contribution in [2.45, 2.75) is 20.4 Å². The molecule has 0 aliphatic rings. The molecule has 2 heterocycles. The molecular formula is C12H16N4O. The zero-order chi connectivity index (χ0) is 12.4. The van der Waals surface area contributed by atoms with Crippen LogP contribution in [-0.4, -0.2) is 20.7 Å². The summed E-state index contributed by atoms with van der Waals surface area (Å²) in [5, 5.41) is 7.11. The predicted octanol–water partition coefficient (Wildman–Crippen LogP) is 1.30. The lowest BCUT2D eigenvalue weighted by Crippen LogP contribution is -2.23. The van der Waals surface area contributed by atoms with Gasteiger partial charge in [-0.15, -0.1) is 0 Å². The van der Waals surface area contributed by atoms with E-state index in [-0.39, 0.29) is 5.91 Å². The fraction of sp³-hybridized carbons (Fsp3) is 0.333. The van der Waals surface area contributed by atoms with Crippen LogP contribution in [0.5, 0.6) is 0 Å². The second-order valence-electron chi connectivity index (χ2n) is 4.07. The predicted molar refractivity (Wildman–Crippen MR) is 64.6 cm³/mol. The van der Waals surface area contributed by atoms with Gasteiger partial charge in [-0.3, -0.25) is 9.48 Å². The Morgan fingerprint density at radius 2 is 2.29 bits per heavy atom. The van der Waals surface area contributed by atoms with Crippen molar-refractivity contribution in [3.63, 3.8) is 0 Å². The van der Waals surface area contributed by atoms with Crippen LogP contribution in [0, 0.1) is 13.8 Å². The Hall–Kier alpha value is -2.04. The number of hydrogen-bond donors (Lipinski definition) is 2. The van der Waals surface area contributed by atoms with Gasteiger partial charge in [0.25, 0.3) is 5.91 Å². The lowest BCUT2D eigenvalue weighted by molar-refractivity contribution is 0.0949. The number of H-pyrrole nitrogens is 1. The molecule has 0 aliphatic carbocycles. The molecule has 0 radical (unpaired) electrons. The largest absolute Gasteiger partial charge is 0.367 e. The molecule has 0 aliphatic heterocycles. The topological polar surface area (TPSA) is 62.7 Å². The Kier molecular flexibility index (Phi) is 2.99. The van der Waals surface area contributed by atoms with Crippen molar-refractivity contribution in [2.75, 3.05) is 0 Å². The van der Waals surface area contributed by atoms with Crippen LogP contribution >= 0.6 is 0 Å². The maximum atomic E-state index is 12.0. The van der Waals surface area contributed by atoms with Crippen molar-refractivity contribution >= 4 is 5.91 Å². The van der Waals surface area contributed by atoms with E-state index in [1.54, 1.807) is 4.68 Å². The highest BCUT2D eigenvalue weighted by atomic mass is 16.1. The highest BCUT2D eigenvalue weighted by Gasteiger charge is 2.16. The minimum atomic E-state index is -0.0747. The van der Waals surface area contributed by atoms with Crippen molar-refractivity contribution in [3.8, 4) is 0 Å². The summed E-state index contributed by atoms with van der Waals surface area (Å²) in [6.45, 7) is 4.26. The Balaban J connectivity index is 2.10. The summed E-state index contributed by atoms with van der Waals surface area (Å²) in [7, 11) is 1.84. The molecule has 17 heavy (non-hydrogen) atoms. The average Bonchev–Trinajstić information content (AvgIpc) is 2.86. The van der Waals surface area contributed by atoms with Crippen molar-refractivity contribution in [2.24, 2.45) is 7.05 Å². The van der Waals surface area contributed by atoms with Gasteiger partial charge < -0.3 is 10.3 Å². The molecule has 90 valence electrons. The molecule has 0 fully saturated rings. The lowest BCUT2D eigenvalue weighted by Gasteiger charge is -2.04. The molecule has 0 unspecified atom stereocenters. The van der Waals surface area contributed by atoms with Crippen molar-refractivity contribution in [1.82, 2.24) is 20.1 Å². The Morgan fingerprint density at radius 3 is 2.82 bits per heavy atom. The van der Waals surface area contributed by atoms with Gasteiger partial charge in [0, 0.05) is 31.7 Å². The molecule has 0 bridgehead atoms.